The summed E-state index contributed by atoms with van der Waals surface area (Å²) in [6.07, 6.45) is 4.11. The van der Waals surface area contributed by atoms with Crippen molar-refractivity contribution < 1.29 is 19.2 Å². The van der Waals surface area contributed by atoms with E-state index >= 15 is 0 Å². The lowest BCUT2D eigenvalue weighted by Gasteiger charge is -2.35. The maximum Gasteiger partial charge on any atom is 0.270 e. The van der Waals surface area contributed by atoms with Gasteiger partial charge in [-0.1, -0.05) is 19.1 Å². The Balaban J connectivity index is 1.82. The van der Waals surface area contributed by atoms with E-state index in [1.165, 1.54) is 12.1 Å². The van der Waals surface area contributed by atoms with Crippen LogP contribution in [0.15, 0.2) is 42.5 Å². The molecule has 0 radical (unpaired) electrons. The number of benzene rings is 2. The van der Waals surface area contributed by atoms with Crippen LogP contribution in [0, 0.1) is 10.1 Å². The smallest absolute Gasteiger partial charge is 0.270 e. The van der Waals surface area contributed by atoms with Crippen molar-refractivity contribution in [1.82, 2.24) is 4.90 Å². The van der Waals surface area contributed by atoms with Crippen LogP contribution in [0.4, 0.5) is 5.69 Å². The molecule has 0 bridgehead atoms. The maximum atomic E-state index is 12.7. The number of carbonyl (C=O) groups is 1. The third kappa shape index (κ3) is 4.85. The van der Waals surface area contributed by atoms with Gasteiger partial charge in [0.2, 0.25) is 0 Å². The fraction of sp³-hybridized carbons (Fsp3) is 0.409. The van der Waals surface area contributed by atoms with E-state index in [0.717, 1.165) is 37.8 Å². The number of amides is 1. The van der Waals surface area contributed by atoms with Crippen molar-refractivity contribution in [3.63, 3.8) is 0 Å². The van der Waals surface area contributed by atoms with Gasteiger partial charge in [-0.15, -0.1) is 0 Å². The molecule has 1 saturated heterocycles. The largest absolute Gasteiger partial charge is 0.497 e. The fourth-order valence-corrected chi connectivity index (χ4v) is 3.73. The van der Waals surface area contributed by atoms with Gasteiger partial charge in [-0.25, -0.2) is 0 Å². The minimum atomic E-state index is -0.443. The Morgan fingerprint density at radius 2 is 1.97 bits per heavy atom. The molecule has 1 aliphatic heterocycles. The maximum absolute atomic E-state index is 12.7. The second-order valence-corrected chi connectivity index (χ2v) is 7.10. The Labute approximate surface area is 170 Å². The number of non-ortho nitro benzene ring substituents is 1. The minimum Gasteiger partial charge on any atom is -0.497 e. The lowest BCUT2D eigenvalue weighted by atomic mass is 10.00. The normalized spacial score (nSPS) is 16.3. The van der Waals surface area contributed by atoms with Crippen LogP contribution in [0.1, 0.15) is 32.6 Å². The predicted molar refractivity (Wildman–Crippen MR) is 110 cm³/mol. The zero-order valence-electron chi connectivity index (χ0n) is 16.8. The van der Waals surface area contributed by atoms with Crippen LogP contribution in [-0.2, 0) is 4.79 Å². The number of nitro groups is 1. The number of carbonyl (C=O) groups excluding carboxylic acids is 1. The van der Waals surface area contributed by atoms with E-state index in [0.29, 0.717) is 17.1 Å². The standard InChI is InChI=1S/C22H26N2O5/c1-3-17-6-4-5-13-23(17)22(25)15-29-21-12-9-18(24(26)27)14-20(21)16-7-10-19(28-2)11-8-16/h7-12,14,17H,3-6,13,15H2,1-2H3/t17-/m0/s1. The molecule has 0 aromatic heterocycles. The van der Waals surface area contributed by atoms with Gasteiger partial charge in [0.15, 0.2) is 6.61 Å². The number of nitro benzene ring substituents is 1. The first-order valence-corrected chi connectivity index (χ1v) is 9.88. The van der Waals surface area contributed by atoms with Crippen molar-refractivity contribution in [3.05, 3.63) is 52.6 Å². The van der Waals surface area contributed by atoms with Crippen LogP contribution < -0.4 is 9.47 Å². The topological polar surface area (TPSA) is 81.9 Å². The van der Waals surface area contributed by atoms with Crippen LogP contribution in [0.5, 0.6) is 11.5 Å². The first-order valence-electron chi connectivity index (χ1n) is 9.88. The van der Waals surface area contributed by atoms with Crippen molar-refractivity contribution in [1.29, 1.82) is 0 Å². The zero-order valence-corrected chi connectivity index (χ0v) is 16.8. The molecular formula is C22H26N2O5. The molecule has 1 heterocycles. The highest BCUT2D eigenvalue weighted by molar-refractivity contribution is 5.79. The molecule has 3 rings (SSSR count). The monoisotopic (exact) mass is 398 g/mol. The molecule has 2 aromatic carbocycles. The van der Waals surface area contributed by atoms with Gasteiger partial charge in [0, 0.05) is 30.3 Å². The van der Waals surface area contributed by atoms with E-state index in [2.05, 4.69) is 6.92 Å². The Bertz CT molecular complexity index is 866. The Morgan fingerprint density at radius 1 is 1.21 bits per heavy atom. The average Bonchev–Trinajstić information content (AvgIpc) is 2.77. The number of methoxy groups -OCH3 is 1. The van der Waals surface area contributed by atoms with E-state index in [1.54, 1.807) is 25.3 Å². The summed E-state index contributed by atoms with van der Waals surface area (Å²) in [6.45, 7) is 2.76. The lowest BCUT2D eigenvalue weighted by Crippen LogP contribution is -2.45. The molecule has 1 atom stereocenters. The number of ether oxygens (including phenoxy) is 2. The van der Waals surface area contributed by atoms with Crippen LogP contribution in [-0.4, -0.2) is 42.0 Å². The molecule has 154 valence electrons. The average molecular weight is 398 g/mol. The Morgan fingerprint density at radius 3 is 2.62 bits per heavy atom. The van der Waals surface area contributed by atoms with Crippen LogP contribution in [0.2, 0.25) is 0 Å². The summed E-state index contributed by atoms with van der Waals surface area (Å²) >= 11 is 0. The van der Waals surface area contributed by atoms with Crippen molar-refractivity contribution in [2.24, 2.45) is 0 Å². The van der Waals surface area contributed by atoms with Gasteiger partial charge in [0.25, 0.3) is 11.6 Å². The molecule has 0 unspecified atom stereocenters. The number of hydrogen-bond acceptors (Lipinski definition) is 5. The van der Waals surface area contributed by atoms with Crippen molar-refractivity contribution in [2.45, 2.75) is 38.6 Å². The van der Waals surface area contributed by atoms with Crippen molar-refractivity contribution in [2.75, 3.05) is 20.3 Å². The highest BCUT2D eigenvalue weighted by Crippen LogP contribution is 2.34. The number of nitrogens with zero attached hydrogens (tertiary/aromatic N) is 2. The lowest BCUT2D eigenvalue weighted by molar-refractivity contribution is -0.384. The first-order chi connectivity index (χ1) is 14.0. The fourth-order valence-electron chi connectivity index (χ4n) is 3.73. The summed E-state index contributed by atoms with van der Waals surface area (Å²) in [7, 11) is 1.58. The summed E-state index contributed by atoms with van der Waals surface area (Å²) in [4.78, 5) is 25.4. The highest BCUT2D eigenvalue weighted by atomic mass is 16.6. The highest BCUT2D eigenvalue weighted by Gasteiger charge is 2.26. The molecule has 0 spiro atoms. The van der Waals surface area contributed by atoms with Gasteiger partial charge in [-0.2, -0.15) is 0 Å². The molecule has 0 aliphatic carbocycles. The number of rotatable bonds is 7. The number of piperidine rings is 1. The summed E-state index contributed by atoms with van der Waals surface area (Å²) in [5.74, 6) is 1.09. The molecular weight excluding hydrogens is 372 g/mol. The van der Waals surface area contributed by atoms with Crippen molar-refractivity contribution >= 4 is 11.6 Å². The molecule has 0 saturated carbocycles. The van der Waals surface area contributed by atoms with Gasteiger partial charge < -0.3 is 14.4 Å². The van der Waals surface area contributed by atoms with E-state index in [-0.39, 0.29) is 24.2 Å². The molecule has 7 heteroatoms. The molecule has 1 amide bonds. The summed E-state index contributed by atoms with van der Waals surface area (Å²) < 4.78 is 11.0. The van der Waals surface area contributed by atoms with Crippen LogP contribution in [0.3, 0.4) is 0 Å². The minimum absolute atomic E-state index is 0.0310. The molecule has 7 nitrogen and oxygen atoms in total. The van der Waals surface area contributed by atoms with E-state index < -0.39 is 4.92 Å². The van der Waals surface area contributed by atoms with E-state index in [9.17, 15) is 14.9 Å². The third-order valence-corrected chi connectivity index (χ3v) is 5.34. The second kappa shape index (κ2) is 9.41. The van der Waals surface area contributed by atoms with Gasteiger partial charge >= 0.3 is 0 Å². The molecule has 29 heavy (non-hydrogen) atoms. The number of likely N-dealkylation sites (tertiary alicyclic amines) is 1. The van der Waals surface area contributed by atoms with Crippen LogP contribution in [0.25, 0.3) is 11.1 Å². The molecule has 1 aliphatic rings. The van der Waals surface area contributed by atoms with Gasteiger partial charge in [0.05, 0.1) is 12.0 Å². The Hall–Kier alpha value is -3.09. The van der Waals surface area contributed by atoms with Crippen LogP contribution >= 0.6 is 0 Å². The van der Waals surface area contributed by atoms with Gasteiger partial charge in [-0.3, -0.25) is 14.9 Å². The predicted octanol–water partition coefficient (Wildman–Crippen LogP) is 4.44. The first kappa shape index (κ1) is 20.6. The molecule has 2 aromatic rings. The van der Waals surface area contributed by atoms with Crippen molar-refractivity contribution in [3.8, 4) is 22.6 Å². The summed E-state index contributed by atoms with van der Waals surface area (Å²) in [6, 6.07) is 11.9. The zero-order chi connectivity index (χ0) is 20.8. The molecule has 1 fully saturated rings. The SMILES string of the molecule is CC[C@H]1CCCCN1C(=O)COc1ccc([N+](=O)[O-])cc1-c1ccc(OC)cc1. The number of hydrogen-bond donors (Lipinski definition) is 0. The summed E-state index contributed by atoms with van der Waals surface area (Å²) in [5.41, 5.74) is 1.29. The second-order valence-electron chi connectivity index (χ2n) is 7.10. The van der Waals surface area contributed by atoms with Gasteiger partial charge in [0.1, 0.15) is 11.5 Å². The summed E-state index contributed by atoms with van der Waals surface area (Å²) in [5, 5.41) is 11.2. The van der Waals surface area contributed by atoms with Gasteiger partial charge in [-0.05, 0) is 49.4 Å². The molecule has 0 N–H and O–H groups in total. The quantitative estimate of drug-likeness (QED) is 0.509. The van der Waals surface area contributed by atoms with E-state index in [4.69, 9.17) is 9.47 Å². The third-order valence-electron chi connectivity index (χ3n) is 5.34. The van der Waals surface area contributed by atoms with E-state index in [1.807, 2.05) is 17.0 Å². The Kier molecular flexibility index (Phi) is 6.69.